The van der Waals surface area contributed by atoms with Gasteiger partial charge in [0.25, 0.3) is 0 Å². The van der Waals surface area contributed by atoms with Crippen LogP contribution in [-0.2, 0) is 4.79 Å². The van der Waals surface area contributed by atoms with Gasteiger partial charge in [-0.1, -0.05) is 58.3 Å². The van der Waals surface area contributed by atoms with Crippen molar-refractivity contribution in [1.29, 1.82) is 0 Å². The molecule has 0 saturated heterocycles. The summed E-state index contributed by atoms with van der Waals surface area (Å²) in [6, 6.07) is 0.196. The van der Waals surface area contributed by atoms with Gasteiger partial charge in [-0.15, -0.1) is 0 Å². The topological polar surface area (TPSA) is 34.9 Å². The Hall–Kier alpha value is -1.12. The predicted octanol–water partition coefficient (Wildman–Crippen LogP) is 5.49. The van der Waals surface area contributed by atoms with E-state index in [0.717, 1.165) is 18.5 Å². The van der Waals surface area contributed by atoms with E-state index in [4.69, 9.17) is 0 Å². The third-order valence-corrected chi connectivity index (χ3v) is 5.63. The molecular formula is C20H34N2O. The fourth-order valence-corrected chi connectivity index (χ4v) is 3.80. The smallest absolute Gasteiger partial charge is 0.140 e. The SMILES string of the molecule is Cc1cn(C(C)C(C)C(=O)C2CCCCCCCCCC2)cn1. The second kappa shape index (κ2) is 9.24. The molecule has 130 valence electrons. The van der Waals surface area contributed by atoms with E-state index < -0.39 is 0 Å². The molecule has 0 aromatic carbocycles. The minimum atomic E-state index is 0.0683. The van der Waals surface area contributed by atoms with Crippen LogP contribution in [0.3, 0.4) is 0 Å². The van der Waals surface area contributed by atoms with Crippen molar-refractivity contribution in [2.45, 2.75) is 91.0 Å². The van der Waals surface area contributed by atoms with Gasteiger partial charge in [0, 0.05) is 24.1 Å². The first kappa shape index (κ1) is 18.2. The summed E-state index contributed by atoms with van der Waals surface area (Å²) in [5.41, 5.74) is 1.02. The number of aromatic nitrogens is 2. The normalized spacial score (nSPS) is 21.3. The van der Waals surface area contributed by atoms with Crippen molar-refractivity contribution in [3.63, 3.8) is 0 Å². The predicted molar refractivity (Wildman–Crippen MR) is 95.5 cm³/mol. The minimum Gasteiger partial charge on any atom is -0.334 e. The zero-order valence-corrected chi connectivity index (χ0v) is 15.3. The number of hydrogen-bond donors (Lipinski definition) is 0. The Kier molecular flexibility index (Phi) is 7.32. The lowest BCUT2D eigenvalue weighted by molar-refractivity contribution is -0.128. The lowest BCUT2D eigenvalue weighted by atomic mass is 9.83. The van der Waals surface area contributed by atoms with Crippen molar-refractivity contribution in [3.8, 4) is 0 Å². The van der Waals surface area contributed by atoms with Gasteiger partial charge in [0.15, 0.2) is 0 Å². The molecule has 0 bridgehead atoms. The van der Waals surface area contributed by atoms with Gasteiger partial charge in [-0.3, -0.25) is 4.79 Å². The van der Waals surface area contributed by atoms with Gasteiger partial charge in [-0.05, 0) is 26.7 Å². The maximum Gasteiger partial charge on any atom is 0.140 e. The van der Waals surface area contributed by atoms with Crippen LogP contribution >= 0.6 is 0 Å². The van der Waals surface area contributed by atoms with Gasteiger partial charge in [-0.25, -0.2) is 4.98 Å². The molecule has 3 nitrogen and oxygen atoms in total. The number of carbonyl (C=O) groups excluding carboxylic acids is 1. The lowest BCUT2D eigenvalue weighted by Crippen LogP contribution is -2.28. The standard InChI is InChI=1S/C20H34N2O/c1-16-14-22(15-21-16)18(3)17(2)20(23)19-12-10-8-6-4-5-7-9-11-13-19/h14-15,17-19H,4-13H2,1-3H3. The van der Waals surface area contributed by atoms with Crippen molar-refractivity contribution in [2.75, 3.05) is 0 Å². The molecule has 1 aromatic heterocycles. The summed E-state index contributed by atoms with van der Waals surface area (Å²) in [6.45, 7) is 6.25. The molecule has 2 rings (SSSR count). The van der Waals surface area contributed by atoms with Gasteiger partial charge in [-0.2, -0.15) is 0 Å². The molecule has 0 N–H and O–H groups in total. The second-order valence-electron chi connectivity index (χ2n) is 7.50. The van der Waals surface area contributed by atoms with Crippen LogP contribution < -0.4 is 0 Å². The average Bonchev–Trinajstić information content (AvgIpc) is 2.95. The van der Waals surface area contributed by atoms with E-state index in [-0.39, 0.29) is 17.9 Å². The third kappa shape index (κ3) is 5.47. The van der Waals surface area contributed by atoms with Crippen LogP contribution in [0.25, 0.3) is 0 Å². The van der Waals surface area contributed by atoms with Crippen molar-refractivity contribution in [2.24, 2.45) is 11.8 Å². The molecule has 0 spiro atoms. The molecule has 0 radical (unpaired) electrons. The highest BCUT2D eigenvalue weighted by Gasteiger charge is 2.28. The Morgan fingerprint density at radius 2 is 1.57 bits per heavy atom. The molecule has 1 aromatic rings. The molecular weight excluding hydrogens is 284 g/mol. The van der Waals surface area contributed by atoms with Crippen molar-refractivity contribution < 1.29 is 4.79 Å². The summed E-state index contributed by atoms with van der Waals surface area (Å²) in [4.78, 5) is 17.3. The molecule has 23 heavy (non-hydrogen) atoms. The van der Waals surface area contributed by atoms with Gasteiger partial charge in [0.05, 0.1) is 12.0 Å². The number of hydrogen-bond acceptors (Lipinski definition) is 2. The molecule has 2 unspecified atom stereocenters. The van der Waals surface area contributed by atoms with Crippen LogP contribution in [0.4, 0.5) is 0 Å². The number of nitrogens with zero attached hydrogens (tertiary/aromatic N) is 2. The Morgan fingerprint density at radius 1 is 1.04 bits per heavy atom. The summed E-state index contributed by atoms with van der Waals surface area (Å²) in [5, 5.41) is 0. The van der Waals surface area contributed by atoms with Crippen LogP contribution in [0.2, 0.25) is 0 Å². The van der Waals surface area contributed by atoms with Crippen LogP contribution in [0.15, 0.2) is 12.5 Å². The first-order valence-corrected chi connectivity index (χ1v) is 9.63. The fraction of sp³-hybridized carbons (Fsp3) is 0.800. The Bertz CT molecular complexity index is 468. The number of imidazole rings is 1. The molecule has 1 fully saturated rings. The Morgan fingerprint density at radius 3 is 2.04 bits per heavy atom. The van der Waals surface area contributed by atoms with Crippen LogP contribution in [0.1, 0.15) is 89.8 Å². The van der Waals surface area contributed by atoms with E-state index in [1.165, 1.54) is 51.4 Å². The number of carbonyl (C=O) groups is 1. The first-order chi connectivity index (χ1) is 11.1. The molecule has 1 aliphatic rings. The molecule has 2 atom stereocenters. The molecule has 1 aliphatic carbocycles. The lowest BCUT2D eigenvalue weighted by Gasteiger charge is -2.25. The zero-order valence-electron chi connectivity index (χ0n) is 15.3. The maximum atomic E-state index is 13.0. The third-order valence-electron chi connectivity index (χ3n) is 5.63. The van der Waals surface area contributed by atoms with Crippen molar-refractivity contribution in [3.05, 3.63) is 18.2 Å². The highest BCUT2D eigenvalue weighted by atomic mass is 16.1. The summed E-state index contributed by atoms with van der Waals surface area (Å²) in [6.07, 6.45) is 16.6. The summed E-state index contributed by atoms with van der Waals surface area (Å²) in [5.74, 6) is 0.817. The van der Waals surface area contributed by atoms with Crippen molar-refractivity contribution >= 4 is 5.78 Å². The Labute approximate surface area is 141 Å². The first-order valence-electron chi connectivity index (χ1n) is 9.63. The van der Waals surface area contributed by atoms with E-state index >= 15 is 0 Å². The monoisotopic (exact) mass is 318 g/mol. The summed E-state index contributed by atoms with van der Waals surface area (Å²) >= 11 is 0. The highest BCUT2D eigenvalue weighted by Crippen LogP contribution is 2.28. The summed E-state index contributed by atoms with van der Waals surface area (Å²) < 4.78 is 2.10. The van der Waals surface area contributed by atoms with E-state index in [1.807, 2.05) is 19.4 Å². The maximum absolute atomic E-state index is 13.0. The van der Waals surface area contributed by atoms with Crippen LogP contribution in [0.5, 0.6) is 0 Å². The number of ketones is 1. The van der Waals surface area contributed by atoms with E-state index in [1.54, 1.807) is 0 Å². The highest BCUT2D eigenvalue weighted by molar-refractivity contribution is 5.83. The largest absolute Gasteiger partial charge is 0.334 e. The second-order valence-corrected chi connectivity index (χ2v) is 7.50. The molecule has 0 amide bonds. The van der Waals surface area contributed by atoms with E-state index in [2.05, 4.69) is 23.4 Å². The van der Waals surface area contributed by atoms with E-state index in [9.17, 15) is 4.79 Å². The molecule has 1 heterocycles. The van der Waals surface area contributed by atoms with Crippen LogP contribution in [0, 0.1) is 18.8 Å². The minimum absolute atomic E-state index is 0.0683. The quantitative estimate of drug-likeness (QED) is 0.736. The zero-order chi connectivity index (χ0) is 16.7. The van der Waals surface area contributed by atoms with Crippen LogP contribution in [-0.4, -0.2) is 15.3 Å². The van der Waals surface area contributed by atoms with E-state index in [0.29, 0.717) is 5.78 Å². The van der Waals surface area contributed by atoms with Gasteiger partial charge in [0.2, 0.25) is 0 Å². The van der Waals surface area contributed by atoms with Gasteiger partial charge < -0.3 is 4.57 Å². The Balaban J connectivity index is 1.96. The van der Waals surface area contributed by atoms with Gasteiger partial charge >= 0.3 is 0 Å². The fourth-order valence-electron chi connectivity index (χ4n) is 3.80. The summed E-state index contributed by atoms with van der Waals surface area (Å²) in [7, 11) is 0. The molecule has 0 aliphatic heterocycles. The van der Waals surface area contributed by atoms with Crippen molar-refractivity contribution in [1.82, 2.24) is 9.55 Å². The number of rotatable bonds is 4. The number of Topliss-reactive ketones (excluding diaryl/α,β-unsaturated/α-hetero) is 1. The average molecular weight is 319 g/mol. The number of aryl methyl sites for hydroxylation is 1. The molecule has 3 heteroatoms. The molecule has 1 saturated carbocycles. The van der Waals surface area contributed by atoms with Gasteiger partial charge in [0.1, 0.15) is 5.78 Å².